The lowest BCUT2D eigenvalue weighted by Gasteiger charge is -2.17. The minimum atomic E-state index is -2.08. The molecule has 0 fully saturated rings. The van der Waals surface area contributed by atoms with Crippen LogP contribution in [0.2, 0.25) is 0 Å². The van der Waals surface area contributed by atoms with Crippen molar-refractivity contribution in [1.29, 1.82) is 0 Å². The van der Waals surface area contributed by atoms with Crippen LogP contribution in [0.4, 0.5) is 0 Å². The fraction of sp³-hybridized carbons (Fsp3) is 0.0769. The fourth-order valence-corrected chi connectivity index (χ4v) is 18.8. The van der Waals surface area contributed by atoms with Crippen LogP contribution in [-0.4, -0.2) is 12.5 Å². The van der Waals surface area contributed by atoms with Gasteiger partial charge in [0.1, 0.15) is 0 Å². The van der Waals surface area contributed by atoms with E-state index in [0.29, 0.717) is 0 Å². The highest BCUT2D eigenvalue weighted by atomic mass is 32.7. The van der Waals surface area contributed by atoms with Gasteiger partial charge in [0.25, 0.3) is 0 Å². The molecule has 0 aromatic heterocycles. The Morgan fingerprint density at radius 1 is 0.419 bits per heavy atom. The Bertz CT molecular complexity index is 1050. The van der Waals surface area contributed by atoms with Gasteiger partial charge in [0.15, 0.2) is 0 Å². The van der Waals surface area contributed by atoms with Crippen LogP contribution < -0.4 is 25.4 Å². The van der Waals surface area contributed by atoms with Crippen molar-refractivity contribution in [3.05, 3.63) is 121 Å². The topological polar surface area (TPSA) is 14.1 Å². The molecular formula is C26H26NP2S2+. The third-order valence-electron chi connectivity index (χ3n) is 5.21. The molecule has 0 saturated heterocycles. The Hall–Kier alpha value is -1.85. The first-order valence-corrected chi connectivity index (χ1v) is 17.3. The zero-order valence-corrected chi connectivity index (χ0v) is 21.1. The molecule has 0 heterocycles. The molecule has 0 amide bonds. The van der Waals surface area contributed by atoms with Gasteiger partial charge >= 0.3 is 12.5 Å². The van der Waals surface area contributed by atoms with Crippen molar-refractivity contribution >= 4 is 56.5 Å². The Morgan fingerprint density at radius 2 is 0.645 bits per heavy atom. The monoisotopic (exact) mass is 478 g/mol. The smallest absolute Gasteiger partial charge is 0.135 e. The molecule has 0 radical (unpaired) electrons. The second-order valence-corrected chi connectivity index (χ2v) is 18.1. The van der Waals surface area contributed by atoms with E-state index in [-0.39, 0.29) is 0 Å². The van der Waals surface area contributed by atoms with Gasteiger partial charge < -0.3 is 0 Å². The number of benzene rings is 4. The highest BCUT2D eigenvalue weighted by Crippen LogP contribution is 2.62. The second kappa shape index (κ2) is 10.2. The van der Waals surface area contributed by atoms with Gasteiger partial charge in [0.05, 0.1) is 21.2 Å². The van der Waals surface area contributed by atoms with Crippen molar-refractivity contribution in [2.75, 3.05) is 12.5 Å². The standard InChI is InChI=1S/C26H26NP2S2/c1-30-28(23-15-7-3-8-16-23,24-17-9-4-10-18-24)27-29(31-2,25-19-11-5-12-20-25)26-21-13-6-14-22-26/h3-22H,1-2H3/q+1. The van der Waals surface area contributed by atoms with E-state index >= 15 is 0 Å². The van der Waals surface area contributed by atoms with Gasteiger partial charge in [-0.15, -0.1) is 4.17 Å². The normalized spacial score (nSPS) is 11.7. The average Bonchev–Trinajstić information content (AvgIpc) is 2.87. The maximum Gasteiger partial charge on any atom is 0.326 e. The van der Waals surface area contributed by atoms with Crippen molar-refractivity contribution < 1.29 is 0 Å². The summed E-state index contributed by atoms with van der Waals surface area (Å²) in [4.78, 5) is 0. The summed E-state index contributed by atoms with van der Waals surface area (Å²) < 4.78 is 6.01. The van der Waals surface area contributed by atoms with Crippen LogP contribution >= 0.6 is 35.3 Å². The lowest BCUT2D eigenvalue weighted by atomic mass is 10.4. The molecule has 4 aromatic carbocycles. The van der Waals surface area contributed by atoms with Crippen LogP contribution in [0.3, 0.4) is 0 Å². The maximum absolute atomic E-state index is 6.01. The summed E-state index contributed by atoms with van der Waals surface area (Å²) in [6.45, 7) is 0. The molecule has 4 rings (SSSR count). The number of hydrogen-bond acceptors (Lipinski definition) is 2. The summed E-state index contributed by atoms with van der Waals surface area (Å²) in [5, 5.41) is 5.27. The van der Waals surface area contributed by atoms with E-state index in [1.54, 1.807) is 0 Å². The molecule has 0 atom stereocenters. The van der Waals surface area contributed by atoms with Crippen LogP contribution in [0.15, 0.2) is 121 Å². The molecular weight excluding hydrogens is 452 g/mol. The third kappa shape index (κ3) is 4.40. The van der Waals surface area contributed by atoms with Crippen LogP contribution in [0.5, 0.6) is 0 Å². The third-order valence-corrected chi connectivity index (χ3v) is 19.3. The number of nitrogens with zero attached hydrogens (tertiary/aromatic N) is 1. The Labute approximate surface area is 194 Å². The minimum Gasteiger partial charge on any atom is -0.135 e. The lowest BCUT2D eigenvalue weighted by molar-refractivity contribution is 1.71. The fourth-order valence-electron chi connectivity index (χ4n) is 3.70. The summed E-state index contributed by atoms with van der Waals surface area (Å²) in [5.41, 5.74) is 0. The Balaban J connectivity index is 2.30. The van der Waals surface area contributed by atoms with E-state index in [0.717, 1.165) is 0 Å². The average molecular weight is 479 g/mol. The summed E-state index contributed by atoms with van der Waals surface area (Å²) in [7, 11) is 0. The minimum absolute atomic E-state index is 1.32. The van der Waals surface area contributed by atoms with Gasteiger partial charge in [0, 0.05) is 0 Å². The van der Waals surface area contributed by atoms with Gasteiger partial charge in [-0.25, -0.2) is 0 Å². The summed E-state index contributed by atoms with van der Waals surface area (Å²) >= 11 is 3.83. The molecule has 0 aliphatic rings. The predicted octanol–water partition coefficient (Wildman–Crippen LogP) is 6.31. The lowest BCUT2D eigenvalue weighted by Crippen LogP contribution is -2.19. The van der Waals surface area contributed by atoms with E-state index < -0.39 is 12.5 Å². The van der Waals surface area contributed by atoms with E-state index in [9.17, 15) is 0 Å². The summed E-state index contributed by atoms with van der Waals surface area (Å²) in [6, 6.07) is 43.5. The summed E-state index contributed by atoms with van der Waals surface area (Å²) in [5.74, 6) is 0. The van der Waals surface area contributed by atoms with Crippen molar-refractivity contribution in [2.45, 2.75) is 0 Å². The van der Waals surface area contributed by atoms with Crippen LogP contribution in [0, 0.1) is 0 Å². The van der Waals surface area contributed by atoms with Crippen molar-refractivity contribution in [2.24, 2.45) is 0 Å². The molecule has 31 heavy (non-hydrogen) atoms. The van der Waals surface area contributed by atoms with Gasteiger partial charge in [-0.05, 0) is 61.0 Å². The molecule has 156 valence electrons. The highest BCUT2D eigenvalue weighted by molar-refractivity contribution is 8.66. The quantitative estimate of drug-likeness (QED) is 0.238. The van der Waals surface area contributed by atoms with Crippen LogP contribution in [-0.2, 0) is 0 Å². The first-order chi connectivity index (χ1) is 15.2. The predicted molar refractivity (Wildman–Crippen MR) is 147 cm³/mol. The first kappa shape index (κ1) is 22.3. The molecule has 4 aromatic rings. The number of hydrogen-bond donors (Lipinski definition) is 0. The summed E-state index contributed by atoms with van der Waals surface area (Å²) in [6.07, 6.45) is 0.288. The molecule has 0 bridgehead atoms. The van der Waals surface area contributed by atoms with Crippen LogP contribution in [0.25, 0.3) is 0 Å². The Kier molecular flexibility index (Phi) is 7.34. The zero-order chi connectivity index (χ0) is 21.6. The van der Waals surface area contributed by atoms with Gasteiger partial charge in [-0.3, -0.25) is 0 Å². The van der Waals surface area contributed by atoms with Crippen molar-refractivity contribution in [3.63, 3.8) is 0 Å². The maximum atomic E-state index is 6.01. The Morgan fingerprint density at radius 3 is 0.839 bits per heavy atom. The molecule has 0 aliphatic heterocycles. The SMILES string of the molecule is CSP(=[N+]=P(SC)(c1ccccc1)c1ccccc1)(c1ccccc1)c1ccccc1. The van der Waals surface area contributed by atoms with E-state index in [1.807, 2.05) is 22.8 Å². The number of rotatable bonds is 6. The van der Waals surface area contributed by atoms with E-state index in [2.05, 4.69) is 134 Å². The van der Waals surface area contributed by atoms with Gasteiger partial charge in [-0.1, -0.05) is 95.6 Å². The molecule has 5 heteroatoms. The molecule has 1 nitrogen and oxygen atoms in total. The molecule has 0 unspecified atom stereocenters. The zero-order valence-electron chi connectivity index (χ0n) is 17.7. The largest absolute Gasteiger partial charge is 0.326 e. The van der Waals surface area contributed by atoms with Crippen molar-refractivity contribution in [3.8, 4) is 0 Å². The van der Waals surface area contributed by atoms with Crippen molar-refractivity contribution in [1.82, 2.24) is 4.17 Å². The van der Waals surface area contributed by atoms with E-state index in [1.165, 1.54) is 21.2 Å². The molecule has 0 N–H and O–H groups in total. The first-order valence-electron chi connectivity index (χ1n) is 10.1. The van der Waals surface area contributed by atoms with E-state index in [4.69, 9.17) is 4.17 Å². The highest BCUT2D eigenvalue weighted by Gasteiger charge is 2.41. The second-order valence-electron chi connectivity index (χ2n) is 6.95. The molecule has 0 saturated carbocycles. The van der Waals surface area contributed by atoms with Crippen LogP contribution in [0.1, 0.15) is 0 Å². The van der Waals surface area contributed by atoms with Gasteiger partial charge in [-0.2, -0.15) is 0 Å². The molecule has 0 spiro atoms. The van der Waals surface area contributed by atoms with Gasteiger partial charge in [0.2, 0.25) is 0 Å². The molecule has 0 aliphatic carbocycles.